The maximum absolute atomic E-state index is 5.88. The second-order valence-corrected chi connectivity index (χ2v) is 4.89. The first kappa shape index (κ1) is 11.1. The molecule has 2 aromatic rings. The summed E-state index contributed by atoms with van der Waals surface area (Å²) >= 11 is 0. The number of nitrogens with zero attached hydrogens (tertiary/aromatic N) is 1. The molecule has 0 unspecified atom stereocenters. The largest absolute Gasteiger partial charge is 0.398 e. The first-order chi connectivity index (χ1) is 8.72. The van der Waals surface area contributed by atoms with Gasteiger partial charge >= 0.3 is 0 Å². The van der Waals surface area contributed by atoms with Crippen LogP contribution in [0, 0.1) is 6.92 Å². The summed E-state index contributed by atoms with van der Waals surface area (Å²) in [5, 5.41) is 3.31. The summed E-state index contributed by atoms with van der Waals surface area (Å²) in [5.74, 6) is 0.802. The minimum Gasteiger partial charge on any atom is -0.398 e. The van der Waals surface area contributed by atoms with Crippen LogP contribution in [0.5, 0.6) is 0 Å². The summed E-state index contributed by atoms with van der Waals surface area (Å²) in [6, 6.07) is 8.42. The predicted octanol–water partition coefficient (Wildman–Crippen LogP) is 3.20. The van der Waals surface area contributed by atoms with E-state index in [2.05, 4.69) is 28.5 Å². The molecule has 1 aliphatic rings. The molecule has 1 aliphatic carbocycles. The van der Waals surface area contributed by atoms with Crippen LogP contribution in [-0.2, 0) is 12.8 Å². The average molecular weight is 239 g/mol. The van der Waals surface area contributed by atoms with Gasteiger partial charge in [-0.2, -0.15) is 0 Å². The predicted molar refractivity (Wildman–Crippen MR) is 75.1 cm³/mol. The summed E-state index contributed by atoms with van der Waals surface area (Å²) < 4.78 is 0. The van der Waals surface area contributed by atoms with Gasteiger partial charge in [0, 0.05) is 23.6 Å². The quantitative estimate of drug-likeness (QED) is 0.846. The summed E-state index contributed by atoms with van der Waals surface area (Å²) in [6.07, 6.45) is 5.47. The van der Waals surface area contributed by atoms with Crippen molar-refractivity contribution in [3.63, 3.8) is 0 Å². The van der Waals surface area contributed by atoms with E-state index in [1.807, 2.05) is 13.0 Å². The van der Waals surface area contributed by atoms with E-state index in [9.17, 15) is 0 Å². The van der Waals surface area contributed by atoms with Crippen molar-refractivity contribution in [1.29, 1.82) is 0 Å². The van der Waals surface area contributed by atoms with Crippen molar-refractivity contribution in [3.8, 4) is 0 Å². The molecular formula is C15H17N3. The minimum atomic E-state index is 0.772. The fourth-order valence-electron chi connectivity index (χ4n) is 2.41. The number of rotatable bonds is 2. The normalized spacial score (nSPS) is 13.4. The number of aromatic nitrogens is 1. The molecular weight excluding hydrogens is 222 g/mol. The van der Waals surface area contributed by atoms with E-state index < -0.39 is 0 Å². The highest BCUT2D eigenvalue weighted by Crippen LogP contribution is 2.26. The smallest absolute Gasteiger partial charge is 0.132 e. The van der Waals surface area contributed by atoms with Crippen LogP contribution >= 0.6 is 0 Å². The maximum Gasteiger partial charge on any atom is 0.132 e. The summed E-state index contributed by atoms with van der Waals surface area (Å²) in [5.41, 5.74) is 11.7. The zero-order chi connectivity index (χ0) is 12.5. The van der Waals surface area contributed by atoms with Gasteiger partial charge in [-0.25, -0.2) is 4.98 Å². The Morgan fingerprint density at radius 1 is 1.17 bits per heavy atom. The Balaban J connectivity index is 1.85. The van der Waals surface area contributed by atoms with E-state index in [1.165, 1.54) is 30.4 Å². The molecule has 3 heteroatoms. The van der Waals surface area contributed by atoms with E-state index in [-0.39, 0.29) is 0 Å². The average Bonchev–Trinajstić information content (AvgIpc) is 2.81. The highest BCUT2D eigenvalue weighted by molar-refractivity contribution is 5.62. The number of anilines is 3. The van der Waals surface area contributed by atoms with Crippen LogP contribution < -0.4 is 11.1 Å². The fraction of sp³-hybridized carbons (Fsp3) is 0.267. The monoisotopic (exact) mass is 239 g/mol. The molecule has 0 amide bonds. The Morgan fingerprint density at radius 2 is 2.00 bits per heavy atom. The highest BCUT2D eigenvalue weighted by atomic mass is 15.0. The number of pyridine rings is 1. The van der Waals surface area contributed by atoms with Gasteiger partial charge in [-0.3, -0.25) is 0 Å². The zero-order valence-corrected chi connectivity index (χ0v) is 10.5. The van der Waals surface area contributed by atoms with Gasteiger partial charge in [0.25, 0.3) is 0 Å². The molecule has 3 nitrogen and oxygen atoms in total. The first-order valence-electron chi connectivity index (χ1n) is 6.33. The molecule has 92 valence electrons. The summed E-state index contributed by atoms with van der Waals surface area (Å²) in [6.45, 7) is 1.96. The molecule has 3 N–H and O–H groups in total. The van der Waals surface area contributed by atoms with Gasteiger partial charge in [0.2, 0.25) is 0 Å². The molecule has 0 saturated carbocycles. The molecule has 0 atom stereocenters. The molecule has 0 spiro atoms. The molecule has 3 rings (SSSR count). The summed E-state index contributed by atoms with van der Waals surface area (Å²) in [4.78, 5) is 4.34. The fourth-order valence-corrected chi connectivity index (χ4v) is 2.41. The van der Waals surface area contributed by atoms with Gasteiger partial charge in [-0.05, 0) is 55.0 Å². The van der Waals surface area contributed by atoms with Crippen LogP contribution in [0.2, 0.25) is 0 Å². The molecule has 1 heterocycles. The topological polar surface area (TPSA) is 50.9 Å². The number of aryl methyl sites for hydroxylation is 3. The Labute approximate surface area is 107 Å². The SMILES string of the molecule is Cc1cnc(Nc2ccc3c(c2)CCC3)cc1N. The minimum absolute atomic E-state index is 0.772. The van der Waals surface area contributed by atoms with E-state index in [0.29, 0.717) is 0 Å². The van der Waals surface area contributed by atoms with Crippen LogP contribution in [0.25, 0.3) is 0 Å². The van der Waals surface area contributed by atoms with Gasteiger partial charge in [0.1, 0.15) is 5.82 Å². The maximum atomic E-state index is 5.88. The van der Waals surface area contributed by atoms with E-state index in [4.69, 9.17) is 5.73 Å². The molecule has 0 radical (unpaired) electrons. The first-order valence-corrected chi connectivity index (χ1v) is 6.33. The number of fused-ring (bicyclic) bond motifs is 1. The van der Waals surface area contributed by atoms with Crippen molar-refractivity contribution in [3.05, 3.63) is 47.2 Å². The van der Waals surface area contributed by atoms with Gasteiger partial charge < -0.3 is 11.1 Å². The molecule has 1 aromatic carbocycles. The van der Waals surface area contributed by atoms with Gasteiger partial charge in [0.15, 0.2) is 0 Å². The second kappa shape index (κ2) is 4.33. The van der Waals surface area contributed by atoms with Gasteiger partial charge in [0.05, 0.1) is 0 Å². The standard InChI is InChI=1S/C15H17N3/c1-10-9-17-15(8-14(10)16)18-13-6-5-11-3-2-4-12(11)7-13/h5-9H,2-4H2,1H3,(H3,16,17,18). The Bertz CT molecular complexity index is 590. The number of benzene rings is 1. The van der Waals surface area contributed by atoms with Crippen LogP contribution in [0.4, 0.5) is 17.2 Å². The number of hydrogen-bond donors (Lipinski definition) is 2. The molecule has 0 fully saturated rings. The van der Waals surface area contributed by atoms with E-state index in [0.717, 1.165) is 22.8 Å². The van der Waals surface area contributed by atoms with Crippen molar-refractivity contribution < 1.29 is 0 Å². The van der Waals surface area contributed by atoms with Crippen LogP contribution in [0.3, 0.4) is 0 Å². The van der Waals surface area contributed by atoms with Crippen molar-refractivity contribution in [2.45, 2.75) is 26.2 Å². The molecule has 0 aliphatic heterocycles. The Morgan fingerprint density at radius 3 is 2.83 bits per heavy atom. The lowest BCUT2D eigenvalue weighted by molar-refractivity contribution is 0.912. The van der Waals surface area contributed by atoms with Crippen LogP contribution in [-0.4, -0.2) is 4.98 Å². The Kier molecular flexibility index (Phi) is 2.67. The second-order valence-electron chi connectivity index (χ2n) is 4.89. The van der Waals surface area contributed by atoms with Crippen molar-refractivity contribution in [2.24, 2.45) is 0 Å². The Hall–Kier alpha value is -2.03. The van der Waals surface area contributed by atoms with Crippen molar-refractivity contribution >= 4 is 17.2 Å². The number of nitrogens with two attached hydrogens (primary N) is 1. The lowest BCUT2D eigenvalue weighted by Crippen LogP contribution is -1.98. The molecule has 1 aromatic heterocycles. The molecule has 18 heavy (non-hydrogen) atoms. The zero-order valence-electron chi connectivity index (χ0n) is 10.5. The van der Waals surface area contributed by atoms with E-state index in [1.54, 1.807) is 6.20 Å². The van der Waals surface area contributed by atoms with Crippen molar-refractivity contribution in [1.82, 2.24) is 4.98 Å². The van der Waals surface area contributed by atoms with Crippen molar-refractivity contribution in [2.75, 3.05) is 11.1 Å². The third-order valence-electron chi connectivity index (χ3n) is 3.52. The lowest BCUT2D eigenvalue weighted by Gasteiger charge is -2.09. The van der Waals surface area contributed by atoms with E-state index >= 15 is 0 Å². The molecule has 0 saturated heterocycles. The van der Waals surface area contributed by atoms with Crippen LogP contribution in [0.15, 0.2) is 30.5 Å². The third kappa shape index (κ3) is 2.04. The third-order valence-corrected chi connectivity index (χ3v) is 3.52. The molecule has 0 bridgehead atoms. The van der Waals surface area contributed by atoms with Gasteiger partial charge in [-0.15, -0.1) is 0 Å². The number of hydrogen-bond acceptors (Lipinski definition) is 3. The number of nitrogens with one attached hydrogen (secondary N) is 1. The lowest BCUT2D eigenvalue weighted by atomic mass is 10.1. The van der Waals surface area contributed by atoms with Gasteiger partial charge in [-0.1, -0.05) is 6.07 Å². The number of nitrogen functional groups attached to an aromatic ring is 1. The highest BCUT2D eigenvalue weighted by Gasteiger charge is 2.10. The summed E-state index contributed by atoms with van der Waals surface area (Å²) in [7, 11) is 0. The van der Waals surface area contributed by atoms with Crippen LogP contribution in [0.1, 0.15) is 23.1 Å².